The van der Waals surface area contributed by atoms with Crippen LogP contribution in [-0.4, -0.2) is 18.6 Å². The van der Waals surface area contributed by atoms with Crippen molar-refractivity contribution in [1.29, 1.82) is 0 Å². The van der Waals surface area contributed by atoms with Crippen LogP contribution in [0.3, 0.4) is 0 Å². The van der Waals surface area contributed by atoms with E-state index in [0.29, 0.717) is 23.4 Å². The van der Waals surface area contributed by atoms with Gasteiger partial charge in [0, 0.05) is 6.61 Å². The Kier molecular flexibility index (Phi) is 7.10. The van der Waals surface area contributed by atoms with Gasteiger partial charge in [0.2, 0.25) is 0 Å². The molecule has 0 radical (unpaired) electrons. The summed E-state index contributed by atoms with van der Waals surface area (Å²) >= 11 is 0. The molecule has 32 heavy (non-hydrogen) atoms. The van der Waals surface area contributed by atoms with E-state index in [4.69, 9.17) is 4.74 Å². The van der Waals surface area contributed by atoms with Crippen LogP contribution in [0.4, 0.5) is 8.78 Å². The molecule has 0 unspecified atom stereocenters. The second kappa shape index (κ2) is 9.12. The van der Waals surface area contributed by atoms with Gasteiger partial charge in [0.1, 0.15) is 5.60 Å². The maximum absolute atomic E-state index is 13.0. The molecule has 3 heteroatoms. The van der Waals surface area contributed by atoms with Gasteiger partial charge in [-0.15, -0.1) is 0 Å². The van der Waals surface area contributed by atoms with Crippen molar-refractivity contribution >= 4 is 0 Å². The van der Waals surface area contributed by atoms with E-state index in [2.05, 4.69) is 27.7 Å². The first-order valence-corrected chi connectivity index (χ1v) is 13.9. The Bertz CT molecular complexity index is 647. The second-order valence-corrected chi connectivity index (χ2v) is 13.6. The third-order valence-corrected chi connectivity index (χ3v) is 11.5. The van der Waals surface area contributed by atoms with E-state index in [-0.39, 0.29) is 0 Å². The number of halogens is 2. The van der Waals surface area contributed by atoms with Crippen LogP contribution < -0.4 is 0 Å². The predicted octanol–water partition coefficient (Wildman–Crippen LogP) is 8.76. The van der Waals surface area contributed by atoms with Gasteiger partial charge in [-0.3, -0.25) is 0 Å². The van der Waals surface area contributed by atoms with Crippen molar-refractivity contribution in [3.63, 3.8) is 0 Å². The molecular weight excluding hydrogens is 402 g/mol. The summed E-state index contributed by atoms with van der Waals surface area (Å²) in [7, 11) is 0. The lowest BCUT2D eigenvalue weighted by Crippen LogP contribution is -2.53. The van der Waals surface area contributed by atoms with Gasteiger partial charge in [-0.2, -0.15) is 0 Å². The molecule has 0 aromatic heterocycles. The van der Waals surface area contributed by atoms with E-state index >= 15 is 0 Å². The number of hydrogen-bond donors (Lipinski definition) is 0. The molecule has 4 fully saturated rings. The Balaban J connectivity index is 1.36. The molecule has 0 aromatic carbocycles. The molecule has 0 saturated heterocycles. The topological polar surface area (TPSA) is 9.23 Å². The van der Waals surface area contributed by atoms with Gasteiger partial charge in [-0.1, -0.05) is 34.1 Å². The fraction of sp³-hybridized carbons (Fsp3) is 1.00. The van der Waals surface area contributed by atoms with Crippen molar-refractivity contribution in [1.82, 2.24) is 0 Å². The third-order valence-electron chi connectivity index (χ3n) is 11.5. The number of ether oxygens (including phenoxy) is 1. The molecule has 0 N–H and O–H groups in total. The quantitative estimate of drug-likeness (QED) is 0.351. The minimum Gasteiger partial charge on any atom is -0.370 e. The van der Waals surface area contributed by atoms with E-state index in [1.165, 1.54) is 71.6 Å². The summed E-state index contributed by atoms with van der Waals surface area (Å²) in [6.45, 7) is 13.7. The highest BCUT2D eigenvalue weighted by atomic mass is 19.3. The molecule has 4 saturated carbocycles. The summed E-state index contributed by atoms with van der Waals surface area (Å²) < 4.78 is 31.6. The lowest BCUT2D eigenvalue weighted by atomic mass is 9.44. The molecule has 0 aromatic rings. The number of rotatable bonds is 7. The van der Waals surface area contributed by atoms with Crippen molar-refractivity contribution in [3.8, 4) is 0 Å². The molecule has 4 rings (SSSR count). The van der Waals surface area contributed by atoms with Crippen LogP contribution in [-0.2, 0) is 4.74 Å². The zero-order chi connectivity index (χ0) is 23.3. The van der Waals surface area contributed by atoms with Crippen LogP contribution >= 0.6 is 0 Å². The first-order valence-electron chi connectivity index (χ1n) is 13.9. The first-order chi connectivity index (χ1) is 15.0. The average molecular weight is 453 g/mol. The molecular formula is C29H50F2O. The zero-order valence-corrected chi connectivity index (χ0v) is 21.8. The molecule has 4 aliphatic rings. The summed E-state index contributed by atoms with van der Waals surface area (Å²) in [5.74, 6) is 6.22. The molecule has 0 amide bonds. The summed E-state index contributed by atoms with van der Waals surface area (Å²) in [4.78, 5) is 0. The Morgan fingerprint density at radius 2 is 1.62 bits per heavy atom. The highest BCUT2D eigenvalue weighted by Crippen LogP contribution is 2.68. The number of alkyl halides is 2. The maximum atomic E-state index is 13.0. The highest BCUT2D eigenvalue weighted by molar-refractivity contribution is 5.09. The lowest BCUT2D eigenvalue weighted by molar-refractivity contribution is -0.123. The second-order valence-electron chi connectivity index (χ2n) is 13.6. The SMILES string of the molecule is C[C@@H]1CC[C@@]2(C)[C@H](CC[C@@H]3[C@@H]2CC[C@]2(C)[C@@H]([C@H](C)CCCOC(C)(C)C(F)F)CC[C@@H]32)C1. The fourth-order valence-electron chi connectivity index (χ4n) is 9.45. The Labute approximate surface area is 196 Å². The summed E-state index contributed by atoms with van der Waals surface area (Å²) in [5, 5.41) is 0. The summed E-state index contributed by atoms with van der Waals surface area (Å²) in [6, 6.07) is 0. The zero-order valence-electron chi connectivity index (χ0n) is 21.8. The van der Waals surface area contributed by atoms with Crippen LogP contribution in [0.25, 0.3) is 0 Å². The van der Waals surface area contributed by atoms with Crippen LogP contribution in [0.1, 0.15) is 112 Å². The van der Waals surface area contributed by atoms with Crippen molar-refractivity contribution in [2.45, 2.75) is 124 Å². The Morgan fingerprint density at radius 3 is 2.34 bits per heavy atom. The van der Waals surface area contributed by atoms with Crippen molar-refractivity contribution in [2.75, 3.05) is 6.61 Å². The van der Waals surface area contributed by atoms with Crippen molar-refractivity contribution < 1.29 is 13.5 Å². The minimum absolute atomic E-state index is 0.456. The minimum atomic E-state index is -2.42. The lowest BCUT2D eigenvalue weighted by Gasteiger charge is -2.61. The van der Waals surface area contributed by atoms with E-state index < -0.39 is 12.0 Å². The Morgan fingerprint density at radius 1 is 0.938 bits per heavy atom. The molecule has 0 spiro atoms. The van der Waals surface area contributed by atoms with E-state index in [0.717, 1.165) is 48.3 Å². The molecule has 186 valence electrons. The van der Waals surface area contributed by atoms with Gasteiger partial charge < -0.3 is 4.74 Å². The van der Waals surface area contributed by atoms with Crippen LogP contribution in [0.15, 0.2) is 0 Å². The smallest absolute Gasteiger partial charge is 0.266 e. The summed E-state index contributed by atoms with van der Waals surface area (Å²) in [5.41, 5.74) is -0.220. The Hall–Kier alpha value is -0.180. The number of hydrogen-bond acceptors (Lipinski definition) is 1. The van der Waals surface area contributed by atoms with Crippen LogP contribution in [0, 0.1) is 52.3 Å². The molecule has 1 nitrogen and oxygen atoms in total. The number of fused-ring (bicyclic) bond motifs is 5. The van der Waals surface area contributed by atoms with Gasteiger partial charge in [-0.05, 0) is 130 Å². The van der Waals surface area contributed by atoms with Crippen LogP contribution in [0.2, 0.25) is 0 Å². The first kappa shape index (κ1) is 24.9. The molecule has 0 aliphatic heterocycles. The van der Waals surface area contributed by atoms with E-state index in [9.17, 15) is 8.78 Å². The molecule has 0 bridgehead atoms. The van der Waals surface area contributed by atoms with Crippen molar-refractivity contribution in [3.05, 3.63) is 0 Å². The molecule has 0 heterocycles. The maximum Gasteiger partial charge on any atom is 0.266 e. The van der Waals surface area contributed by atoms with Crippen LogP contribution in [0.5, 0.6) is 0 Å². The molecule has 4 aliphatic carbocycles. The predicted molar refractivity (Wildman–Crippen MR) is 129 cm³/mol. The van der Waals surface area contributed by atoms with Gasteiger partial charge >= 0.3 is 0 Å². The average Bonchev–Trinajstić information content (AvgIpc) is 3.09. The van der Waals surface area contributed by atoms with Gasteiger partial charge in [0.05, 0.1) is 0 Å². The molecule has 9 atom stereocenters. The normalized spacial score (nSPS) is 45.3. The van der Waals surface area contributed by atoms with Gasteiger partial charge in [-0.25, -0.2) is 8.78 Å². The monoisotopic (exact) mass is 452 g/mol. The summed E-state index contributed by atoms with van der Waals surface area (Å²) in [6.07, 6.45) is 12.6. The van der Waals surface area contributed by atoms with Gasteiger partial charge in [0.25, 0.3) is 6.43 Å². The van der Waals surface area contributed by atoms with E-state index in [1.54, 1.807) is 0 Å². The van der Waals surface area contributed by atoms with E-state index in [1.807, 2.05) is 0 Å². The third kappa shape index (κ3) is 4.31. The fourth-order valence-corrected chi connectivity index (χ4v) is 9.45. The largest absolute Gasteiger partial charge is 0.370 e. The highest BCUT2D eigenvalue weighted by Gasteiger charge is 2.60. The standard InChI is InChI=1S/C29H50F2O/c1-19-13-15-28(5)21(18-19)9-10-22-24-12-11-23(29(24,6)16-14-25(22)28)20(2)8-7-17-32-27(3,4)26(30)31/h19-26H,7-18H2,1-6H3/t19-,20-,21-,22+,23-,24+,25+,28+,29-/m1/s1. The van der Waals surface area contributed by atoms with Crippen molar-refractivity contribution in [2.24, 2.45) is 52.3 Å². The van der Waals surface area contributed by atoms with Gasteiger partial charge in [0.15, 0.2) is 0 Å².